The van der Waals surface area contributed by atoms with Crippen LogP contribution < -0.4 is 5.32 Å². The fourth-order valence-electron chi connectivity index (χ4n) is 1.74. The van der Waals surface area contributed by atoms with Crippen molar-refractivity contribution in [2.75, 3.05) is 33.5 Å². The Morgan fingerprint density at radius 2 is 2.35 bits per heavy atom. The highest BCUT2D eigenvalue weighted by Gasteiger charge is 2.35. The van der Waals surface area contributed by atoms with Crippen molar-refractivity contribution in [1.82, 2.24) is 5.32 Å². The summed E-state index contributed by atoms with van der Waals surface area (Å²) < 4.78 is 15.7. The second kappa shape index (κ2) is 6.93. The van der Waals surface area contributed by atoms with Gasteiger partial charge in [-0.05, 0) is 26.3 Å². The van der Waals surface area contributed by atoms with Crippen LogP contribution in [-0.2, 0) is 19.0 Å². The Bertz CT molecular complexity index is 241. The Labute approximate surface area is 103 Å². The van der Waals surface area contributed by atoms with Crippen molar-refractivity contribution in [2.45, 2.75) is 38.3 Å². The van der Waals surface area contributed by atoms with E-state index in [1.807, 2.05) is 6.92 Å². The van der Waals surface area contributed by atoms with Crippen LogP contribution in [0.15, 0.2) is 0 Å². The van der Waals surface area contributed by atoms with Gasteiger partial charge in [-0.25, -0.2) is 4.79 Å². The van der Waals surface area contributed by atoms with Crippen molar-refractivity contribution in [3.63, 3.8) is 0 Å². The lowest BCUT2D eigenvalue weighted by molar-refractivity contribution is -0.151. The van der Waals surface area contributed by atoms with Crippen LogP contribution in [0.4, 0.5) is 0 Å². The number of ether oxygens (including phenoxy) is 3. The number of nitrogens with one attached hydrogen (secondary N) is 1. The highest BCUT2D eigenvalue weighted by molar-refractivity contribution is 5.80. The van der Waals surface area contributed by atoms with E-state index in [0.717, 1.165) is 26.0 Å². The van der Waals surface area contributed by atoms with E-state index >= 15 is 0 Å². The lowest BCUT2D eigenvalue weighted by Crippen LogP contribution is -2.54. The number of carbonyl (C=O) groups is 1. The summed E-state index contributed by atoms with van der Waals surface area (Å²) in [6, 6.07) is 0. The van der Waals surface area contributed by atoms with Gasteiger partial charge in [-0.15, -0.1) is 0 Å². The van der Waals surface area contributed by atoms with Gasteiger partial charge < -0.3 is 19.5 Å². The van der Waals surface area contributed by atoms with Gasteiger partial charge in [0.2, 0.25) is 0 Å². The Balaban J connectivity index is 2.46. The van der Waals surface area contributed by atoms with Crippen LogP contribution in [0.3, 0.4) is 0 Å². The Morgan fingerprint density at radius 3 is 2.88 bits per heavy atom. The summed E-state index contributed by atoms with van der Waals surface area (Å²) in [5.41, 5.74) is -0.770. The van der Waals surface area contributed by atoms with Crippen LogP contribution in [0.5, 0.6) is 0 Å². The molecule has 0 radical (unpaired) electrons. The summed E-state index contributed by atoms with van der Waals surface area (Å²) in [5, 5.41) is 3.18. The van der Waals surface area contributed by atoms with Crippen LogP contribution in [0.25, 0.3) is 0 Å². The monoisotopic (exact) mass is 245 g/mol. The molecule has 1 fully saturated rings. The summed E-state index contributed by atoms with van der Waals surface area (Å²) >= 11 is 0. The summed E-state index contributed by atoms with van der Waals surface area (Å²) in [6.45, 7) is 6.29. The zero-order valence-electron chi connectivity index (χ0n) is 11.0. The van der Waals surface area contributed by atoms with Crippen molar-refractivity contribution in [3.8, 4) is 0 Å². The fraction of sp³-hybridized carbons (Fsp3) is 0.917. The summed E-state index contributed by atoms with van der Waals surface area (Å²) in [5.74, 6) is -0.287. The molecule has 5 heteroatoms. The molecule has 0 amide bonds. The topological polar surface area (TPSA) is 56.8 Å². The number of hydrogen-bond acceptors (Lipinski definition) is 5. The van der Waals surface area contributed by atoms with Crippen LogP contribution in [0, 0.1) is 0 Å². The maximum atomic E-state index is 11.7. The minimum absolute atomic E-state index is 0.0995. The highest BCUT2D eigenvalue weighted by Crippen LogP contribution is 2.13. The number of hydrogen-bond donors (Lipinski definition) is 1. The largest absolute Gasteiger partial charge is 0.468 e. The van der Waals surface area contributed by atoms with Gasteiger partial charge in [0.05, 0.1) is 26.4 Å². The standard InChI is InChI=1S/C12H23NO4/c1-4-6-13-12(2,11(14)15-3)9-17-10-5-7-16-8-10/h10,13H,4-9H2,1-3H3. The van der Waals surface area contributed by atoms with Gasteiger partial charge in [0.15, 0.2) is 0 Å². The van der Waals surface area contributed by atoms with E-state index in [2.05, 4.69) is 12.2 Å². The van der Waals surface area contributed by atoms with Gasteiger partial charge >= 0.3 is 5.97 Å². The first-order valence-corrected chi connectivity index (χ1v) is 6.15. The van der Waals surface area contributed by atoms with Gasteiger partial charge in [-0.3, -0.25) is 0 Å². The molecule has 1 aliphatic heterocycles. The molecule has 1 aliphatic rings. The molecular formula is C12H23NO4. The molecule has 0 aromatic rings. The van der Waals surface area contributed by atoms with E-state index in [1.54, 1.807) is 0 Å². The van der Waals surface area contributed by atoms with E-state index < -0.39 is 5.54 Å². The quantitative estimate of drug-likeness (QED) is 0.670. The van der Waals surface area contributed by atoms with Crippen molar-refractivity contribution in [2.24, 2.45) is 0 Å². The molecule has 5 nitrogen and oxygen atoms in total. The third-order valence-electron chi connectivity index (χ3n) is 2.90. The van der Waals surface area contributed by atoms with E-state index in [4.69, 9.17) is 14.2 Å². The molecule has 1 heterocycles. The predicted molar refractivity (Wildman–Crippen MR) is 63.9 cm³/mol. The molecule has 0 aliphatic carbocycles. The lowest BCUT2D eigenvalue weighted by Gasteiger charge is -2.28. The summed E-state index contributed by atoms with van der Waals surface area (Å²) in [6.07, 6.45) is 1.95. The third kappa shape index (κ3) is 4.26. The molecule has 0 spiro atoms. The second-order valence-corrected chi connectivity index (χ2v) is 4.55. The Hall–Kier alpha value is -0.650. The fourth-order valence-corrected chi connectivity index (χ4v) is 1.74. The van der Waals surface area contributed by atoms with Gasteiger partial charge in [0, 0.05) is 6.61 Å². The average Bonchev–Trinajstić information content (AvgIpc) is 2.86. The molecule has 1 saturated heterocycles. The van der Waals surface area contributed by atoms with Gasteiger partial charge in [0.1, 0.15) is 5.54 Å². The average molecular weight is 245 g/mol. The molecule has 100 valence electrons. The van der Waals surface area contributed by atoms with E-state index in [0.29, 0.717) is 13.2 Å². The SMILES string of the molecule is CCCNC(C)(COC1CCOC1)C(=O)OC. The number of methoxy groups -OCH3 is 1. The van der Waals surface area contributed by atoms with Crippen molar-refractivity contribution >= 4 is 5.97 Å². The molecule has 2 atom stereocenters. The maximum absolute atomic E-state index is 11.7. The first-order valence-electron chi connectivity index (χ1n) is 6.15. The van der Waals surface area contributed by atoms with Crippen LogP contribution in [-0.4, -0.2) is 51.1 Å². The first kappa shape index (κ1) is 14.4. The van der Waals surface area contributed by atoms with Gasteiger partial charge in [-0.1, -0.05) is 6.92 Å². The molecule has 0 saturated carbocycles. The number of esters is 1. The normalized spacial score (nSPS) is 23.4. The second-order valence-electron chi connectivity index (χ2n) is 4.55. The van der Waals surface area contributed by atoms with E-state index in [-0.39, 0.29) is 12.1 Å². The van der Waals surface area contributed by atoms with Crippen molar-refractivity contribution in [1.29, 1.82) is 0 Å². The molecule has 0 aromatic heterocycles. The molecule has 0 bridgehead atoms. The molecule has 1 N–H and O–H groups in total. The Morgan fingerprint density at radius 1 is 1.59 bits per heavy atom. The summed E-state index contributed by atoms with van der Waals surface area (Å²) in [4.78, 5) is 11.7. The summed E-state index contributed by atoms with van der Waals surface area (Å²) in [7, 11) is 1.40. The van der Waals surface area contributed by atoms with E-state index in [1.165, 1.54) is 7.11 Å². The predicted octanol–water partition coefficient (Wildman–Crippen LogP) is 0.723. The zero-order chi connectivity index (χ0) is 12.7. The molecule has 2 unspecified atom stereocenters. The number of carbonyl (C=O) groups excluding carboxylic acids is 1. The first-order chi connectivity index (χ1) is 8.12. The minimum Gasteiger partial charge on any atom is -0.468 e. The van der Waals surface area contributed by atoms with Gasteiger partial charge in [0.25, 0.3) is 0 Å². The van der Waals surface area contributed by atoms with Gasteiger partial charge in [-0.2, -0.15) is 0 Å². The van der Waals surface area contributed by atoms with Crippen molar-refractivity contribution < 1.29 is 19.0 Å². The maximum Gasteiger partial charge on any atom is 0.328 e. The minimum atomic E-state index is -0.770. The number of rotatable bonds is 7. The van der Waals surface area contributed by atoms with Crippen molar-refractivity contribution in [3.05, 3.63) is 0 Å². The molecule has 17 heavy (non-hydrogen) atoms. The molecule has 1 rings (SSSR count). The third-order valence-corrected chi connectivity index (χ3v) is 2.90. The molecular weight excluding hydrogens is 222 g/mol. The van der Waals surface area contributed by atoms with E-state index in [9.17, 15) is 4.79 Å². The lowest BCUT2D eigenvalue weighted by atomic mass is 10.0. The van der Waals surface area contributed by atoms with Crippen LogP contribution >= 0.6 is 0 Å². The zero-order valence-corrected chi connectivity index (χ0v) is 11.0. The van der Waals surface area contributed by atoms with Crippen LogP contribution in [0.1, 0.15) is 26.7 Å². The van der Waals surface area contributed by atoms with Crippen LogP contribution in [0.2, 0.25) is 0 Å². The smallest absolute Gasteiger partial charge is 0.328 e. The highest BCUT2D eigenvalue weighted by atomic mass is 16.6. The molecule has 0 aromatic carbocycles. The Kier molecular flexibility index (Phi) is 5.88.